The van der Waals surface area contributed by atoms with Crippen molar-refractivity contribution in [1.82, 2.24) is 4.90 Å². The first-order valence-corrected chi connectivity index (χ1v) is 4.43. The van der Waals surface area contributed by atoms with Crippen molar-refractivity contribution in [3.8, 4) is 0 Å². The molecule has 1 unspecified atom stereocenters. The number of rotatable bonds is 6. The van der Waals surface area contributed by atoms with Gasteiger partial charge in [-0.15, -0.1) is 0 Å². The number of guanidine groups is 1. The average molecular weight is 247 g/mol. The Balaban J connectivity index is 4.36. The number of esters is 1. The summed E-state index contributed by atoms with van der Waals surface area (Å²) in [4.78, 5) is 33.1. The molecule has 0 heterocycles. The maximum atomic E-state index is 11.2. The zero-order chi connectivity index (χ0) is 13.6. The minimum atomic E-state index is -1.75. The van der Waals surface area contributed by atoms with E-state index in [0.29, 0.717) is 0 Å². The Morgan fingerprint density at radius 2 is 1.94 bits per heavy atom. The second kappa shape index (κ2) is 6.30. The number of carbonyl (C=O) groups is 3. The summed E-state index contributed by atoms with van der Waals surface area (Å²) < 4.78 is 4.43. The van der Waals surface area contributed by atoms with Gasteiger partial charge in [-0.3, -0.25) is 15.0 Å². The Labute approximate surface area is 96.3 Å². The minimum absolute atomic E-state index is 0.396. The number of aliphatic carboxylic acids is 2. The predicted molar refractivity (Wildman–Crippen MR) is 54.3 cm³/mol. The van der Waals surface area contributed by atoms with Crippen LogP contribution in [-0.2, 0) is 19.1 Å². The number of nitrogens with two attached hydrogens (primary N) is 1. The standard InChI is InChI=1S/C8H13N3O6/c1-11(8(9)10)3-6(14)17-4(7(15)16)2-5(12)13/h4H,2-3H2,1H3,(H3,9,10)(H,12,13)(H,15,16). The molecule has 0 saturated carbocycles. The van der Waals surface area contributed by atoms with E-state index in [9.17, 15) is 14.4 Å². The molecule has 0 rings (SSSR count). The molecule has 0 aromatic heterocycles. The highest BCUT2D eigenvalue weighted by Gasteiger charge is 2.25. The number of nitrogens with one attached hydrogen (secondary N) is 1. The van der Waals surface area contributed by atoms with Crippen molar-refractivity contribution >= 4 is 23.9 Å². The Morgan fingerprint density at radius 3 is 2.29 bits per heavy atom. The van der Waals surface area contributed by atoms with Crippen molar-refractivity contribution in [2.75, 3.05) is 13.6 Å². The summed E-state index contributed by atoms with van der Waals surface area (Å²) in [6.07, 6.45) is -2.58. The van der Waals surface area contributed by atoms with Crippen molar-refractivity contribution in [1.29, 1.82) is 5.41 Å². The Kier molecular flexibility index (Phi) is 5.44. The summed E-state index contributed by atoms with van der Waals surface area (Å²) >= 11 is 0. The highest BCUT2D eigenvalue weighted by atomic mass is 16.6. The van der Waals surface area contributed by atoms with Crippen LogP contribution in [0.3, 0.4) is 0 Å². The van der Waals surface area contributed by atoms with Gasteiger partial charge < -0.3 is 25.6 Å². The van der Waals surface area contributed by atoms with E-state index >= 15 is 0 Å². The molecule has 0 aliphatic rings. The molecular weight excluding hydrogens is 234 g/mol. The highest BCUT2D eigenvalue weighted by molar-refractivity contribution is 5.85. The van der Waals surface area contributed by atoms with Gasteiger partial charge in [0, 0.05) is 7.05 Å². The number of hydrogen-bond acceptors (Lipinski definition) is 5. The second-order valence-corrected chi connectivity index (χ2v) is 3.16. The van der Waals surface area contributed by atoms with Gasteiger partial charge in [0.2, 0.25) is 6.10 Å². The van der Waals surface area contributed by atoms with Gasteiger partial charge in [-0.2, -0.15) is 0 Å². The van der Waals surface area contributed by atoms with Crippen molar-refractivity contribution in [2.24, 2.45) is 5.73 Å². The predicted octanol–water partition coefficient (Wildman–Crippen LogP) is -1.72. The van der Waals surface area contributed by atoms with Crippen LogP contribution in [0.5, 0.6) is 0 Å². The minimum Gasteiger partial charge on any atom is -0.481 e. The lowest BCUT2D eigenvalue weighted by Crippen LogP contribution is -2.39. The number of carboxylic acid groups (broad SMARTS) is 2. The van der Waals surface area contributed by atoms with Crippen LogP contribution in [0.1, 0.15) is 6.42 Å². The molecule has 0 fully saturated rings. The van der Waals surface area contributed by atoms with E-state index in [4.69, 9.17) is 21.4 Å². The smallest absolute Gasteiger partial charge is 0.345 e. The van der Waals surface area contributed by atoms with Crippen LogP contribution in [0, 0.1) is 5.41 Å². The quantitative estimate of drug-likeness (QED) is 0.245. The van der Waals surface area contributed by atoms with Gasteiger partial charge in [0.05, 0.1) is 6.42 Å². The van der Waals surface area contributed by atoms with Crippen LogP contribution < -0.4 is 5.73 Å². The van der Waals surface area contributed by atoms with E-state index in [1.54, 1.807) is 0 Å². The number of hydrogen-bond donors (Lipinski definition) is 4. The van der Waals surface area contributed by atoms with E-state index in [0.717, 1.165) is 4.90 Å². The molecule has 17 heavy (non-hydrogen) atoms. The van der Waals surface area contributed by atoms with Crippen molar-refractivity contribution in [3.05, 3.63) is 0 Å². The average Bonchev–Trinajstić information content (AvgIpc) is 2.15. The van der Waals surface area contributed by atoms with Gasteiger partial charge in [0.25, 0.3) is 0 Å². The molecule has 1 atom stereocenters. The van der Waals surface area contributed by atoms with Crippen LogP contribution in [0.4, 0.5) is 0 Å². The monoisotopic (exact) mass is 247 g/mol. The molecule has 0 saturated heterocycles. The third-order valence-electron chi connectivity index (χ3n) is 1.69. The number of likely N-dealkylation sites (N-methyl/N-ethyl adjacent to an activating group) is 1. The van der Waals surface area contributed by atoms with E-state index in [1.807, 2.05) is 0 Å². The Bertz CT molecular complexity index is 342. The first-order chi connectivity index (χ1) is 7.73. The molecule has 0 amide bonds. The number of nitrogens with zero attached hydrogens (tertiary/aromatic N) is 1. The number of ether oxygens (including phenoxy) is 1. The van der Waals surface area contributed by atoms with Crippen molar-refractivity contribution < 1.29 is 29.3 Å². The molecule has 0 bridgehead atoms. The van der Waals surface area contributed by atoms with Gasteiger partial charge in [0.1, 0.15) is 6.54 Å². The molecule has 0 aliphatic heterocycles. The van der Waals surface area contributed by atoms with E-state index in [1.165, 1.54) is 7.05 Å². The highest BCUT2D eigenvalue weighted by Crippen LogP contribution is 2.00. The maximum absolute atomic E-state index is 11.2. The molecule has 0 aliphatic carbocycles. The van der Waals surface area contributed by atoms with Crippen LogP contribution in [-0.4, -0.2) is 58.7 Å². The first-order valence-electron chi connectivity index (χ1n) is 4.43. The van der Waals surface area contributed by atoms with E-state index in [-0.39, 0.29) is 0 Å². The van der Waals surface area contributed by atoms with Gasteiger partial charge in [-0.05, 0) is 0 Å². The zero-order valence-corrected chi connectivity index (χ0v) is 9.04. The van der Waals surface area contributed by atoms with Crippen LogP contribution in [0.25, 0.3) is 0 Å². The lowest BCUT2D eigenvalue weighted by atomic mass is 10.2. The zero-order valence-electron chi connectivity index (χ0n) is 9.04. The molecule has 9 nitrogen and oxygen atoms in total. The van der Waals surface area contributed by atoms with Crippen molar-refractivity contribution in [2.45, 2.75) is 12.5 Å². The van der Waals surface area contributed by atoms with Crippen LogP contribution in [0.2, 0.25) is 0 Å². The van der Waals surface area contributed by atoms with Crippen LogP contribution >= 0.6 is 0 Å². The molecule has 0 radical (unpaired) electrons. The van der Waals surface area contributed by atoms with Gasteiger partial charge in [-0.1, -0.05) is 0 Å². The summed E-state index contributed by atoms with van der Waals surface area (Å²) in [5, 5.41) is 23.9. The summed E-state index contributed by atoms with van der Waals surface area (Å²) in [5.74, 6) is -4.32. The topological polar surface area (TPSA) is 154 Å². The number of carboxylic acids is 2. The fourth-order valence-electron chi connectivity index (χ4n) is 0.813. The third-order valence-corrected chi connectivity index (χ3v) is 1.69. The SMILES string of the molecule is CN(CC(=O)OC(CC(=O)O)C(=O)O)C(=N)N. The molecule has 5 N–H and O–H groups in total. The van der Waals surface area contributed by atoms with Gasteiger partial charge in [0.15, 0.2) is 5.96 Å². The largest absolute Gasteiger partial charge is 0.481 e. The lowest BCUT2D eigenvalue weighted by Gasteiger charge is -2.17. The van der Waals surface area contributed by atoms with Crippen LogP contribution in [0.15, 0.2) is 0 Å². The molecule has 0 spiro atoms. The third kappa shape index (κ3) is 5.97. The summed E-state index contributed by atoms with van der Waals surface area (Å²) in [6, 6.07) is 0. The van der Waals surface area contributed by atoms with Gasteiger partial charge in [-0.25, -0.2) is 4.79 Å². The van der Waals surface area contributed by atoms with Crippen molar-refractivity contribution in [3.63, 3.8) is 0 Å². The molecular formula is C8H13N3O6. The van der Waals surface area contributed by atoms with Gasteiger partial charge >= 0.3 is 17.9 Å². The normalized spacial score (nSPS) is 11.4. The lowest BCUT2D eigenvalue weighted by molar-refractivity contribution is -0.167. The number of carbonyl (C=O) groups excluding carboxylic acids is 1. The Hall–Kier alpha value is -2.32. The Morgan fingerprint density at radius 1 is 1.41 bits per heavy atom. The second-order valence-electron chi connectivity index (χ2n) is 3.16. The molecule has 9 heteroatoms. The fraction of sp³-hybridized carbons (Fsp3) is 0.500. The summed E-state index contributed by atoms with van der Waals surface area (Å²) in [7, 11) is 1.33. The maximum Gasteiger partial charge on any atom is 0.345 e. The summed E-state index contributed by atoms with van der Waals surface area (Å²) in [6.45, 7) is -0.432. The van der Waals surface area contributed by atoms with E-state index < -0.39 is 42.9 Å². The van der Waals surface area contributed by atoms with E-state index in [2.05, 4.69) is 4.74 Å². The molecule has 0 aromatic rings. The fourth-order valence-corrected chi connectivity index (χ4v) is 0.813. The molecule has 0 aromatic carbocycles. The first kappa shape index (κ1) is 14.7. The molecule has 96 valence electrons. The summed E-state index contributed by atoms with van der Waals surface area (Å²) in [5.41, 5.74) is 5.05.